The second-order valence-electron chi connectivity index (χ2n) is 5.40. The number of hydrogen-bond donors (Lipinski definition) is 2. The van der Waals surface area contributed by atoms with Crippen LogP contribution in [0.25, 0.3) is 0 Å². The van der Waals surface area contributed by atoms with Crippen LogP contribution in [0, 0.1) is 13.8 Å². The molecule has 1 aliphatic carbocycles. The van der Waals surface area contributed by atoms with Crippen LogP contribution in [0.5, 0.6) is 0 Å². The molecule has 112 valence electrons. The highest BCUT2D eigenvalue weighted by atomic mass is 16.5. The maximum absolute atomic E-state index is 5.91. The van der Waals surface area contributed by atoms with E-state index in [-0.39, 0.29) is 0 Å². The third-order valence-electron chi connectivity index (χ3n) is 3.79. The molecule has 1 fully saturated rings. The fourth-order valence-electron chi connectivity index (χ4n) is 2.67. The monoisotopic (exact) mass is 278 g/mol. The van der Waals surface area contributed by atoms with Gasteiger partial charge in [0.2, 0.25) is 0 Å². The second-order valence-corrected chi connectivity index (χ2v) is 5.40. The normalized spacial score (nSPS) is 16.1. The Morgan fingerprint density at radius 1 is 1.10 bits per heavy atom. The van der Waals surface area contributed by atoms with Gasteiger partial charge in [0.25, 0.3) is 0 Å². The van der Waals surface area contributed by atoms with Crippen LogP contribution in [0.15, 0.2) is 0 Å². The fraction of sp³-hybridized carbons (Fsp3) is 0.733. The van der Waals surface area contributed by atoms with Crippen LogP contribution in [0.1, 0.15) is 43.5 Å². The van der Waals surface area contributed by atoms with Crippen molar-refractivity contribution in [3.8, 4) is 0 Å². The summed E-state index contributed by atoms with van der Waals surface area (Å²) in [5, 5.41) is 6.45. The van der Waals surface area contributed by atoms with E-state index in [9.17, 15) is 0 Å². The first-order valence-corrected chi connectivity index (χ1v) is 7.59. The van der Waals surface area contributed by atoms with E-state index in [2.05, 4.69) is 20.6 Å². The van der Waals surface area contributed by atoms with Crippen LogP contribution in [-0.4, -0.2) is 36.3 Å². The first-order chi connectivity index (χ1) is 9.70. The Kier molecular flexibility index (Phi) is 5.59. The Labute approximate surface area is 121 Å². The van der Waals surface area contributed by atoms with Gasteiger partial charge in [0.15, 0.2) is 0 Å². The van der Waals surface area contributed by atoms with E-state index in [1.54, 1.807) is 0 Å². The maximum Gasteiger partial charge on any atom is 0.134 e. The lowest BCUT2D eigenvalue weighted by molar-refractivity contribution is 0.0347. The van der Waals surface area contributed by atoms with E-state index in [0.717, 1.165) is 36.2 Å². The lowest BCUT2D eigenvalue weighted by atomic mass is 9.98. The van der Waals surface area contributed by atoms with Crippen LogP contribution in [-0.2, 0) is 4.74 Å². The quantitative estimate of drug-likeness (QED) is 0.784. The van der Waals surface area contributed by atoms with Crippen LogP contribution in [0.3, 0.4) is 0 Å². The Morgan fingerprint density at radius 2 is 1.80 bits per heavy atom. The van der Waals surface area contributed by atoms with Crippen molar-refractivity contribution in [3.63, 3.8) is 0 Å². The average molecular weight is 278 g/mol. The summed E-state index contributed by atoms with van der Waals surface area (Å²) in [5.41, 5.74) is 1.05. The first-order valence-electron chi connectivity index (χ1n) is 7.59. The summed E-state index contributed by atoms with van der Waals surface area (Å²) in [5.74, 6) is 2.55. The molecular weight excluding hydrogens is 252 g/mol. The van der Waals surface area contributed by atoms with E-state index in [1.165, 1.54) is 32.1 Å². The van der Waals surface area contributed by atoms with Crippen LogP contribution in [0.4, 0.5) is 11.6 Å². The summed E-state index contributed by atoms with van der Waals surface area (Å²) in [4.78, 5) is 8.81. The molecule has 0 saturated heterocycles. The minimum absolute atomic E-state index is 0.464. The molecule has 0 amide bonds. The molecule has 1 saturated carbocycles. The molecule has 0 atom stereocenters. The minimum atomic E-state index is 0.464. The zero-order chi connectivity index (χ0) is 14.4. The Balaban J connectivity index is 1.80. The molecule has 20 heavy (non-hydrogen) atoms. The molecule has 0 spiro atoms. The van der Waals surface area contributed by atoms with Crippen molar-refractivity contribution in [2.75, 3.05) is 30.8 Å². The first kappa shape index (κ1) is 15.0. The van der Waals surface area contributed by atoms with Gasteiger partial charge >= 0.3 is 0 Å². The molecule has 5 heteroatoms. The summed E-state index contributed by atoms with van der Waals surface area (Å²) in [6.07, 6.45) is 6.89. The number of ether oxygens (including phenoxy) is 1. The number of hydrogen-bond acceptors (Lipinski definition) is 5. The van der Waals surface area contributed by atoms with Gasteiger partial charge in [0.05, 0.1) is 12.7 Å². The second kappa shape index (κ2) is 7.43. The third-order valence-corrected chi connectivity index (χ3v) is 3.79. The molecule has 1 aromatic heterocycles. The van der Waals surface area contributed by atoms with Gasteiger partial charge in [-0.3, -0.25) is 0 Å². The van der Waals surface area contributed by atoms with Crippen LogP contribution in [0.2, 0.25) is 0 Å². The van der Waals surface area contributed by atoms with E-state index in [1.807, 2.05) is 20.9 Å². The molecule has 0 radical (unpaired) electrons. The molecular formula is C15H26N4O. The molecule has 0 bridgehead atoms. The number of nitrogens with zero attached hydrogens (tertiary/aromatic N) is 2. The Hall–Kier alpha value is -1.36. The van der Waals surface area contributed by atoms with Gasteiger partial charge in [-0.25, -0.2) is 9.97 Å². The van der Waals surface area contributed by atoms with Crippen molar-refractivity contribution in [2.24, 2.45) is 0 Å². The van der Waals surface area contributed by atoms with Crippen molar-refractivity contribution in [3.05, 3.63) is 11.4 Å². The summed E-state index contributed by atoms with van der Waals surface area (Å²) < 4.78 is 5.91. The number of aryl methyl sites for hydroxylation is 1. The number of aromatic nitrogens is 2. The van der Waals surface area contributed by atoms with Crippen molar-refractivity contribution < 1.29 is 4.74 Å². The van der Waals surface area contributed by atoms with Gasteiger partial charge in [0, 0.05) is 19.2 Å². The summed E-state index contributed by atoms with van der Waals surface area (Å²) in [6, 6.07) is 0. The number of rotatable bonds is 6. The molecule has 1 aromatic rings. The highest BCUT2D eigenvalue weighted by Gasteiger charge is 2.13. The summed E-state index contributed by atoms with van der Waals surface area (Å²) in [6.45, 7) is 5.46. The SMILES string of the molecule is CNc1nc(C)nc(NCCOC2CCCCC2)c1C. The van der Waals surface area contributed by atoms with Crippen molar-refractivity contribution in [1.82, 2.24) is 9.97 Å². The van der Waals surface area contributed by atoms with Crippen molar-refractivity contribution in [2.45, 2.75) is 52.1 Å². The lowest BCUT2D eigenvalue weighted by Crippen LogP contribution is -2.21. The predicted molar refractivity (Wildman–Crippen MR) is 82.4 cm³/mol. The average Bonchev–Trinajstić information content (AvgIpc) is 2.47. The predicted octanol–water partition coefficient (Wildman–Crippen LogP) is 2.90. The van der Waals surface area contributed by atoms with E-state index in [0.29, 0.717) is 6.10 Å². The van der Waals surface area contributed by atoms with Gasteiger partial charge in [-0.1, -0.05) is 19.3 Å². The smallest absolute Gasteiger partial charge is 0.134 e. The largest absolute Gasteiger partial charge is 0.376 e. The molecule has 1 heterocycles. The Morgan fingerprint density at radius 3 is 2.50 bits per heavy atom. The van der Waals surface area contributed by atoms with Gasteiger partial charge in [-0.05, 0) is 26.7 Å². The highest BCUT2D eigenvalue weighted by Crippen LogP contribution is 2.21. The molecule has 2 rings (SSSR count). The Bertz CT molecular complexity index is 430. The molecule has 0 unspecified atom stereocenters. The van der Waals surface area contributed by atoms with E-state index < -0.39 is 0 Å². The summed E-state index contributed by atoms with van der Waals surface area (Å²) >= 11 is 0. The van der Waals surface area contributed by atoms with Crippen LogP contribution < -0.4 is 10.6 Å². The van der Waals surface area contributed by atoms with E-state index >= 15 is 0 Å². The highest BCUT2D eigenvalue weighted by molar-refractivity contribution is 5.56. The number of anilines is 2. The summed E-state index contributed by atoms with van der Waals surface area (Å²) in [7, 11) is 1.88. The van der Waals surface area contributed by atoms with Crippen molar-refractivity contribution >= 4 is 11.6 Å². The lowest BCUT2D eigenvalue weighted by Gasteiger charge is -2.22. The van der Waals surface area contributed by atoms with Crippen LogP contribution >= 0.6 is 0 Å². The zero-order valence-corrected chi connectivity index (χ0v) is 12.8. The standard InChI is InChI=1S/C15H26N4O/c1-11-14(16-3)18-12(2)19-15(11)17-9-10-20-13-7-5-4-6-8-13/h13H,4-10H2,1-3H3,(H2,16,17,18,19). The number of nitrogens with one attached hydrogen (secondary N) is 2. The minimum Gasteiger partial charge on any atom is -0.376 e. The molecule has 0 aliphatic heterocycles. The third kappa shape index (κ3) is 4.07. The molecule has 5 nitrogen and oxygen atoms in total. The molecule has 2 N–H and O–H groups in total. The molecule has 0 aromatic carbocycles. The zero-order valence-electron chi connectivity index (χ0n) is 12.8. The topological polar surface area (TPSA) is 59.1 Å². The molecule has 1 aliphatic rings. The van der Waals surface area contributed by atoms with Gasteiger partial charge in [-0.2, -0.15) is 0 Å². The van der Waals surface area contributed by atoms with Gasteiger partial charge in [0.1, 0.15) is 17.5 Å². The maximum atomic E-state index is 5.91. The van der Waals surface area contributed by atoms with Gasteiger partial charge < -0.3 is 15.4 Å². The van der Waals surface area contributed by atoms with Crippen molar-refractivity contribution in [1.29, 1.82) is 0 Å². The van der Waals surface area contributed by atoms with E-state index in [4.69, 9.17) is 4.74 Å². The van der Waals surface area contributed by atoms with Gasteiger partial charge in [-0.15, -0.1) is 0 Å². The fourth-order valence-corrected chi connectivity index (χ4v) is 2.67.